The minimum absolute atomic E-state index is 0.109. The minimum Gasteiger partial charge on any atom is -0.325 e. The fraction of sp³-hybridized carbons (Fsp3) is 0.435. The molecule has 2 amide bonds. The minimum atomic E-state index is -1.99. The van der Waals surface area contributed by atoms with Crippen LogP contribution in [0.25, 0.3) is 11.1 Å². The quantitative estimate of drug-likeness (QED) is 0.664. The molecular formula is C23H29N3O3S. The summed E-state index contributed by atoms with van der Waals surface area (Å²) in [5.41, 5.74) is 3.58. The molecule has 2 heterocycles. The van der Waals surface area contributed by atoms with Crippen molar-refractivity contribution in [2.75, 3.05) is 26.2 Å². The number of hydrogen-bond donors (Lipinski definition) is 2. The highest BCUT2D eigenvalue weighted by atomic mass is 32.2. The van der Waals surface area contributed by atoms with Crippen LogP contribution in [0.5, 0.6) is 0 Å². The van der Waals surface area contributed by atoms with Crippen molar-refractivity contribution in [3.8, 4) is 11.1 Å². The number of urea groups is 1. The largest absolute Gasteiger partial charge is 0.325 e. The molecule has 0 bridgehead atoms. The summed E-state index contributed by atoms with van der Waals surface area (Å²) in [6.45, 7) is 2.92. The Hall–Kier alpha value is -2.22. The summed E-state index contributed by atoms with van der Waals surface area (Å²) in [6, 6.07) is 19.1. The lowest BCUT2D eigenvalue weighted by Gasteiger charge is -2.38. The molecule has 0 spiro atoms. The Morgan fingerprint density at radius 1 is 1.07 bits per heavy atom. The molecule has 2 aliphatic rings. The Bertz CT molecular complexity index is 888. The molecular weight excluding hydrogens is 398 g/mol. The number of hydrogen-bond acceptors (Lipinski definition) is 2. The van der Waals surface area contributed by atoms with Gasteiger partial charge in [0.2, 0.25) is 11.3 Å². The zero-order valence-corrected chi connectivity index (χ0v) is 17.9. The molecule has 160 valence electrons. The Labute approximate surface area is 180 Å². The van der Waals surface area contributed by atoms with Crippen molar-refractivity contribution in [3.05, 3.63) is 60.2 Å². The molecule has 4 rings (SSSR count). The summed E-state index contributed by atoms with van der Waals surface area (Å²) in [5.74, 6) is 0.312. The predicted octanol–water partition coefficient (Wildman–Crippen LogP) is 3.53. The van der Waals surface area contributed by atoms with Gasteiger partial charge in [-0.15, -0.1) is 0 Å². The van der Waals surface area contributed by atoms with E-state index in [1.54, 1.807) is 0 Å². The molecule has 2 aromatic carbocycles. The van der Waals surface area contributed by atoms with Gasteiger partial charge in [0, 0.05) is 32.2 Å². The van der Waals surface area contributed by atoms with Crippen molar-refractivity contribution in [3.63, 3.8) is 0 Å². The maximum Gasteiger partial charge on any atom is 0.320 e. The van der Waals surface area contributed by atoms with E-state index in [0.29, 0.717) is 12.5 Å². The van der Waals surface area contributed by atoms with Crippen molar-refractivity contribution in [2.45, 2.75) is 31.7 Å². The van der Waals surface area contributed by atoms with Gasteiger partial charge in [-0.1, -0.05) is 54.6 Å². The van der Waals surface area contributed by atoms with Crippen LogP contribution >= 0.6 is 0 Å². The predicted molar refractivity (Wildman–Crippen MR) is 119 cm³/mol. The number of carbonyl (C=O) groups excluding carboxylic acids is 1. The Morgan fingerprint density at radius 2 is 1.83 bits per heavy atom. The molecule has 2 saturated heterocycles. The van der Waals surface area contributed by atoms with Crippen molar-refractivity contribution in [1.82, 2.24) is 14.5 Å². The third kappa shape index (κ3) is 4.91. The summed E-state index contributed by atoms with van der Waals surface area (Å²) in [6.07, 6.45) is 3.59. The van der Waals surface area contributed by atoms with Gasteiger partial charge in [0.15, 0.2) is 0 Å². The molecule has 3 atom stereocenters. The fourth-order valence-electron chi connectivity index (χ4n) is 4.54. The molecule has 0 saturated carbocycles. The second-order valence-corrected chi connectivity index (χ2v) is 8.92. The van der Waals surface area contributed by atoms with Crippen LogP contribution < -0.4 is 4.72 Å². The Balaban J connectivity index is 1.52. The molecule has 2 aliphatic heterocycles. The van der Waals surface area contributed by atoms with E-state index in [-0.39, 0.29) is 12.1 Å². The van der Waals surface area contributed by atoms with Crippen molar-refractivity contribution in [2.24, 2.45) is 5.92 Å². The van der Waals surface area contributed by atoms with Gasteiger partial charge in [0.1, 0.15) is 0 Å². The van der Waals surface area contributed by atoms with Crippen LogP contribution in [0, 0.1) is 5.92 Å². The van der Waals surface area contributed by atoms with E-state index < -0.39 is 11.3 Å². The normalized spacial score (nSPS) is 22.0. The summed E-state index contributed by atoms with van der Waals surface area (Å²) in [4.78, 5) is 17.0. The molecule has 2 N–H and O–H groups in total. The topological polar surface area (TPSA) is 72.9 Å². The van der Waals surface area contributed by atoms with Gasteiger partial charge in [0.05, 0.1) is 0 Å². The van der Waals surface area contributed by atoms with Gasteiger partial charge in [-0.05, 0) is 48.3 Å². The second kappa shape index (κ2) is 9.73. The number of nitrogens with one attached hydrogen (secondary N) is 1. The lowest BCUT2D eigenvalue weighted by molar-refractivity contribution is 0.117. The van der Waals surface area contributed by atoms with Gasteiger partial charge in [-0.2, -0.15) is 0 Å². The average Bonchev–Trinajstić information content (AvgIpc) is 3.10. The van der Waals surface area contributed by atoms with Crippen LogP contribution in [-0.4, -0.2) is 56.8 Å². The van der Waals surface area contributed by atoms with Gasteiger partial charge in [-0.25, -0.2) is 13.7 Å². The highest BCUT2D eigenvalue weighted by Gasteiger charge is 2.39. The maximum absolute atomic E-state index is 13.0. The molecule has 30 heavy (non-hydrogen) atoms. The molecule has 2 fully saturated rings. The SMILES string of the molecule is O=C(N1CCC1)N1CC[C@@H](CCNS(=O)O)[C@@H]1Cc1cccc(-c2ccccc2)c1. The number of amides is 2. The Morgan fingerprint density at radius 3 is 2.53 bits per heavy atom. The van der Waals surface area contributed by atoms with Crippen LogP contribution in [0.2, 0.25) is 0 Å². The first-order valence-electron chi connectivity index (χ1n) is 10.7. The van der Waals surface area contributed by atoms with Crippen LogP contribution in [0.15, 0.2) is 54.6 Å². The van der Waals surface area contributed by atoms with Crippen LogP contribution in [0.3, 0.4) is 0 Å². The molecule has 6 nitrogen and oxygen atoms in total. The van der Waals surface area contributed by atoms with E-state index in [4.69, 9.17) is 4.55 Å². The second-order valence-electron chi connectivity index (χ2n) is 8.14. The molecule has 0 radical (unpaired) electrons. The van der Waals surface area contributed by atoms with Gasteiger partial charge < -0.3 is 9.80 Å². The van der Waals surface area contributed by atoms with Crippen molar-refractivity contribution < 1.29 is 13.6 Å². The lowest BCUT2D eigenvalue weighted by Crippen LogP contribution is -2.52. The highest BCUT2D eigenvalue weighted by molar-refractivity contribution is 7.77. The molecule has 7 heteroatoms. The first-order chi connectivity index (χ1) is 14.6. The van der Waals surface area contributed by atoms with E-state index in [1.165, 1.54) is 16.7 Å². The average molecular weight is 428 g/mol. The van der Waals surface area contributed by atoms with E-state index in [9.17, 15) is 9.00 Å². The zero-order chi connectivity index (χ0) is 20.9. The van der Waals surface area contributed by atoms with E-state index in [2.05, 4.69) is 41.1 Å². The standard InChI is InChI=1S/C23H29N3O3S/c27-23(25-13-5-14-25)26-15-11-20(10-12-24-30(28)29)22(26)17-18-6-4-9-21(16-18)19-7-2-1-3-8-19/h1-4,6-9,16,20,22,24H,5,10-15,17H2,(H,28,29)/t20-,22+/m1/s1. The van der Waals surface area contributed by atoms with Crippen LogP contribution in [0.1, 0.15) is 24.8 Å². The van der Waals surface area contributed by atoms with Crippen molar-refractivity contribution >= 4 is 17.3 Å². The monoisotopic (exact) mass is 427 g/mol. The fourth-order valence-corrected chi connectivity index (χ4v) is 4.83. The summed E-state index contributed by atoms with van der Waals surface area (Å²) in [5, 5.41) is 0. The summed E-state index contributed by atoms with van der Waals surface area (Å²) >= 11 is -1.99. The third-order valence-corrected chi connectivity index (χ3v) is 6.73. The number of rotatable bonds is 7. The maximum atomic E-state index is 13.0. The molecule has 0 aromatic heterocycles. The van der Waals surface area contributed by atoms with Crippen LogP contribution in [-0.2, 0) is 17.7 Å². The van der Waals surface area contributed by atoms with Crippen LogP contribution in [0.4, 0.5) is 4.79 Å². The third-order valence-electron chi connectivity index (χ3n) is 6.28. The number of likely N-dealkylation sites (tertiary alicyclic amines) is 2. The van der Waals surface area contributed by atoms with Crippen molar-refractivity contribution in [1.29, 1.82) is 0 Å². The summed E-state index contributed by atoms with van der Waals surface area (Å²) < 4.78 is 22.6. The molecule has 1 unspecified atom stereocenters. The zero-order valence-electron chi connectivity index (χ0n) is 17.1. The first kappa shape index (κ1) is 21.0. The molecule has 2 aromatic rings. The Kier molecular flexibility index (Phi) is 6.82. The van der Waals surface area contributed by atoms with Gasteiger partial charge >= 0.3 is 6.03 Å². The number of benzene rings is 2. The number of carbonyl (C=O) groups is 1. The van der Waals surface area contributed by atoms with Gasteiger partial charge in [0.25, 0.3) is 0 Å². The highest BCUT2D eigenvalue weighted by Crippen LogP contribution is 2.32. The van der Waals surface area contributed by atoms with E-state index in [0.717, 1.165) is 45.3 Å². The number of nitrogens with zero attached hydrogens (tertiary/aromatic N) is 2. The van der Waals surface area contributed by atoms with E-state index >= 15 is 0 Å². The smallest absolute Gasteiger partial charge is 0.320 e. The summed E-state index contributed by atoms with van der Waals surface area (Å²) in [7, 11) is 0. The van der Waals surface area contributed by atoms with Gasteiger partial charge in [-0.3, -0.25) is 4.55 Å². The van der Waals surface area contributed by atoms with E-state index in [1.807, 2.05) is 28.0 Å². The molecule has 0 aliphatic carbocycles. The lowest BCUT2D eigenvalue weighted by atomic mass is 9.90. The first-order valence-corrected chi connectivity index (χ1v) is 11.8.